The average Bonchev–Trinajstić information content (AvgIpc) is 2.73. The second kappa shape index (κ2) is 8.39. The third kappa shape index (κ3) is 4.16. The summed E-state index contributed by atoms with van der Waals surface area (Å²) in [6.45, 7) is 4.22. The van der Waals surface area contributed by atoms with E-state index in [1.165, 1.54) is 16.4 Å². The number of likely N-dealkylation sites (tertiary alicyclic amines) is 1. The van der Waals surface area contributed by atoms with Crippen LogP contribution in [0.5, 0.6) is 0 Å². The molecule has 1 atom stereocenters. The normalized spacial score (nSPS) is 21.9. The molecule has 2 saturated heterocycles. The Hall–Kier alpha value is -1.93. The van der Waals surface area contributed by atoms with Crippen LogP contribution in [0.2, 0.25) is 0 Å². The van der Waals surface area contributed by atoms with Crippen molar-refractivity contribution in [1.82, 2.24) is 14.1 Å². The van der Waals surface area contributed by atoms with Gasteiger partial charge in [-0.05, 0) is 49.9 Å². The standard InChI is InChI=1S/C19H27N3O4S/c1-2-17-5-3-4-10-22(17)19(24)16-6-8-18(9-7-16)27(25,26)21-13-11-20(15-23)12-14-21/h6-9,15,17H,2-5,10-14H2,1H3. The highest BCUT2D eigenvalue weighted by Gasteiger charge is 2.29. The van der Waals surface area contributed by atoms with Crippen molar-refractivity contribution < 1.29 is 18.0 Å². The SMILES string of the molecule is CCC1CCCCN1C(=O)c1ccc(S(=O)(=O)N2CCN(C=O)CC2)cc1. The second-order valence-corrected chi connectivity index (χ2v) is 9.06. The molecule has 1 aromatic carbocycles. The third-order valence-electron chi connectivity index (χ3n) is 5.52. The number of hydrogen-bond acceptors (Lipinski definition) is 4. The van der Waals surface area contributed by atoms with Crippen LogP contribution in [0.4, 0.5) is 0 Å². The molecule has 0 bridgehead atoms. The molecule has 3 rings (SSSR count). The third-order valence-corrected chi connectivity index (χ3v) is 7.43. The first-order chi connectivity index (χ1) is 13.0. The van der Waals surface area contributed by atoms with Gasteiger partial charge in [0.05, 0.1) is 4.90 Å². The summed E-state index contributed by atoms with van der Waals surface area (Å²) in [5.41, 5.74) is 0.528. The van der Waals surface area contributed by atoms with Gasteiger partial charge in [-0.25, -0.2) is 8.42 Å². The first-order valence-electron chi connectivity index (χ1n) is 9.58. The van der Waals surface area contributed by atoms with Crippen molar-refractivity contribution in [2.45, 2.75) is 43.5 Å². The minimum atomic E-state index is -3.61. The van der Waals surface area contributed by atoms with Gasteiger partial charge in [-0.3, -0.25) is 9.59 Å². The number of hydrogen-bond donors (Lipinski definition) is 0. The molecular formula is C19H27N3O4S. The monoisotopic (exact) mass is 393 g/mol. The van der Waals surface area contributed by atoms with Crippen LogP contribution in [0.1, 0.15) is 43.0 Å². The summed E-state index contributed by atoms with van der Waals surface area (Å²) < 4.78 is 27.0. The molecule has 1 unspecified atom stereocenters. The number of amides is 2. The quantitative estimate of drug-likeness (QED) is 0.711. The Morgan fingerprint density at radius 1 is 1.07 bits per heavy atom. The Morgan fingerprint density at radius 2 is 1.74 bits per heavy atom. The Bertz CT molecular complexity index is 771. The number of sulfonamides is 1. The van der Waals surface area contributed by atoms with Crippen LogP contribution in [0.25, 0.3) is 0 Å². The highest BCUT2D eigenvalue weighted by Crippen LogP contribution is 2.23. The summed E-state index contributed by atoms with van der Waals surface area (Å²) in [5, 5.41) is 0. The number of piperidine rings is 1. The number of carbonyl (C=O) groups is 2. The van der Waals surface area contributed by atoms with Crippen LogP contribution in [0.3, 0.4) is 0 Å². The Morgan fingerprint density at radius 3 is 2.33 bits per heavy atom. The molecule has 0 aromatic heterocycles. The molecule has 0 saturated carbocycles. The van der Waals surface area contributed by atoms with Gasteiger partial charge in [0.2, 0.25) is 16.4 Å². The fourth-order valence-corrected chi connectivity index (χ4v) is 5.25. The van der Waals surface area contributed by atoms with Gasteiger partial charge in [-0.15, -0.1) is 0 Å². The van der Waals surface area contributed by atoms with Crippen molar-refractivity contribution in [1.29, 1.82) is 0 Å². The van der Waals surface area contributed by atoms with Gasteiger partial charge in [-0.1, -0.05) is 6.92 Å². The van der Waals surface area contributed by atoms with E-state index in [1.54, 1.807) is 17.0 Å². The highest BCUT2D eigenvalue weighted by atomic mass is 32.2. The van der Waals surface area contributed by atoms with E-state index in [0.29, 0.717) is 18.7 Å². The van der Waals surface area contributed by atoms with Gasteiger partial charge in [0.25, 0.3) is 5.91 Å². The lowest BCUT2D eigenvalue weighted by atomic mass is 9.99. The fraction of sp³-hybridized carbons (Fsp3) is 0.579. The summed E-state index contributed by atoms with van der Waals surface area (Å²) in [6, 6.07) is 6.51. The number of carbonyl (C=O) groups excluding carboxylic acids is 2. The molecule has 0 radical (unpaired) electrons. The van der Waals surface area contributed by atoms with E-state index in [9.17, 15) is 18.0 Å². The first kappa shape index (κ1) is 19.8. The number of nitrogens with zero attached hydrogens (tertiary/aromatic N) is 3. The highest BCUT2D eigenvalue weighted by molar-refractivity contribution is 7.89. The lowest BCUT2D eigenvalue weighted by Gasteiger charge is -2.35. The van der Waals surface area contributed by atoms with E-state index in [1.807, 2.05) is 4.90 Å². The molecule has 2 heterocycles. The lowest BCUT2D eigenvalue weighted by molar-refractivity contribution is -0.119. The van der Waals surface area contributed by atoms with Crippen LogP contribution in [-0.4, -0.2) is 73.6 Å². The van der Waals surface area contributed by atoms with Crippen LogP contribution >= 0.6 is 0 Å². The molecule has 2 amide bonds. The zero-order valence-electron chi connectivity index (χ0n) is 15.7. The minimum absolute atomic E-state index is 0.0231. The predicted molar refractivity (Wildman–Crippen MR) is 102 cm³/mol. The summed E-state index contributed by atoms with van der Waals surface area (Å²) >= 11 is 0. The second-order valence-electron chi connectivity index (χ2n) is 7.13. The van der Waals surface area contributed by atoms with E-state index >= 15 is 0 Å². The van der Waals surface area contributed by atoms with Gasteiger partial charge >= 0.3 is 0 Å². The summed E-state index contributed by atoms with van der Waals surface area (Å²) in [4.78, 5) is 27.3. The van der Waals surface area contributed by atoms with Crippen molar-refractivity contribution in [3.05, 3.63) is 29.8 Å². The molecule has 2 fully saturated rings. The maximum Gasteiger partial charge on any atom is 0.254 e. The summed E-state index contributed by atoms with van der Waals surface area (Å²) in [5.74, 6) is -0.0231. The van der Waals surface area contributed by atoms with Gasteiger partial charge in [-0.2, -0.15) is 4.31 Å². The zero-order valence-corrected chi connectivity index (χ0v) is 16.5. The van der Waals surface area contributed by atoms with Crippen molar-refractivity contribution in [2.75, 3.05) is 32.7 Å². The van der Waals surface area contributed by atoms with Gasteiger partial charge in [0, 0.05) is 44.3 Å². The Balaban J connectivity index is 1.72. The molecule has 7 nitrogen and oxygen atoms in total. The lowest BCUT2D eigenvalue weighted by Crippen LogP contribution is -2.48. The van der Waals surface area contributed by atoms with E-state index in [0.717, 1.165) is 38.6 Å². The van der Waals surface area contributed by atoms with Crippen LogP contribution in [-0.2, 0) is 14.8 Å². The van der Waals surface area contributed by atoms with Crippen molar-refractivity contribution in [3.8, 4) is 0 Å². The first-order valence-corrected chi connectivity index (χ1v) is 11.0. The summed E-state index contributed by atoms with van der Waals surface area (Å²) in [7, 11) is -3.61. The predicted octanol–water partition coefficient (Wildman–Crippen LogP) is 1.55. The van der Waals surface area contributed by atoms with Crippen molar-refractivity contribution in [2.24, 2.45) is 0 Å². The molecule has 2 aliphatic heterocycles. The molecule has 0 N–H and O–H groups in total. The summed E-state index contributed by atoms with van der Waals surface area (Å²) in [6.07, 6.45) is 4.87. The van der Waals surface area contributed by atoms with Crippen molar-refractivity contribution in [3.63, 3.8) is 0 Å². The Kier molecular flexibility index (Phi) is 6.16. The van der Waals surface area contributed by atoms with Gasteiger partial charge in [0.1, 0.15) is 0 Å². The van der Waals surface area contributed by atoms with Gasteiger partial charge < -0.3 is 9.80 Å². The molecule has 8 heteroatoms. The molecule has 148 valence electrons. The zero-order chi connectivity index (χ0) is 19.4. The largest absolute Gasteiger partial charge is 0.343 e. The molecule has 0 spiro atoms. The topological polar surface area (TPSA) is 78.0 Å². The fourth-order valence-electron chi connectivity index (χ4n) is 3.83. The molecule has 27 heavy (non-hydrogen) atoms. The number of rotatable bonds is 5. The smallest absolute Gasteiger partial charge is 0.254 e. The van der Waals surface area contributed by atoms with Gasteiger partial charge in [0.15, 0.2) is 0 Å². The molecular weight excluding hydrogens is 366 g/mol. The van der Waals surface area contributed by atoms with Crippen LogP contribution in [0.15, 0.2) is 29.2 Å². The van der Waals surface area contributed by atoms with Crippen LogP contribution < -0.4 is 0 Å². The maximum atomic E-state index is 12.8. The average molecular weight is 394 g/mol. The molecule has 2 aliphatic rings. The van der Waals surface area contributed by atoms with E-state index in [2.05, 4.69) is 6.92 Å². The Labute approximate surface area is 161 Å². The number of piperazine rings is 1. The number of benzene rings is 1. The van der Waals surface area contributed by atoms with E-state index in [4.69, 9.17) is 0 Å². The molecule has 1 aromatic rings. The maximum absolute atomic E-state index is 12.8. The van der Waals surface area contributed by atoms with E-state index in [-0.39, 0.29) is 29.9 Å². The molecule has 0 aliphatic carbocycles. The van der Waals surface area contributed by atoms with Crippen LogP contribution in [0, 0.1) is 0 Å². The van der Waals surface area contributed by atoms with Crippen molar-refractivity contribution >= 4 is 22.3 Å². The van der Waals surface area contributed by atoms with E-state index < -0.39 is 10.0 Å². The minimum Gasteiger partial charge on any atom is -0.343 e.